The summed E-state index contributed by atoms with van der Waals surface area (Å²) in [4.78, 5) is 29.4. The van der Waals surface area contributed by atoms with Gasteiger partial charge in [-0.1, -0.05) is 25.1 Å². The molecule has 0 aromatic heterocycles. The maximum Gasteiger partial charge on any atom is 0.243 e. The van der Waals surface area contributed by atoms with Crippen LogP contribution in [0.1, 0.15) is 34.1 Å². The Morgan fingerprint density at radius 2 is 1.72 bits per heavy atom. The predicted molar refractivity (Wildman–Crippen MR) is 128 cm³/mol. The first-order valence-corrected chi connectivity index (χ1v) is 12.7. The average molecular weight is 458 g/mol. The minimum atomic E-state index is -3.28. The molecule has 0 fully saturated rings. The van der Waals surface area contributed by atoms with E-state index in [-0.39, 0.29) is 28.8 Å². The Labute approximate surface area is 190 Å². The summed E-state index contributed by atoms with van der Waals surface area (Å²) in [6.07, 6.45) is 2.10. The topological polar surface area (TPSA) is 86.8 Å². The number of rotatable bonds is 6. The first-order chi connectivity index (χ1) is 15.0. The number of nitrogens with zero attached hydrogens (tertiary/aromatic N) is 2. The fourth-order valence-electron chi connectivity index (χ4n) is 4.07. The second kappa shape index (κ2) is 9.42. The third kappa shape index (κ3) is 4.86. The van der Waals surface area contributed by atoms with Gasteiger partial charge in [0.05, 0.1) is 28.4 Å². The monoisotopic (exact) mass is 457 g/mol. The SMILES string of the molecule is CCCNC(C)C(=O)N1C[C@H](C)N(C(C)=O)c2ccc(-c3ccc(S(C)(=O)=O)cc3)cc21. The molecule has 2 aromatic rings. The van der Waals surface area contributed by atoms with E-state index in [2.05, 4.69) is 12.2 Å². The third-order valence-corrected chi connectivity index (χ3v) is 6.83. The van der Waals surface area contributed by atoms with Crippen molar-refractivity contribution in [1.29, 1.82) is 0 Å². The maximum atomic E-state index is 13.3. The Morgan fingerprint density at radius 3 is 2.28 bits per heavy atom. The largest absolute Gasteiger partial charge is 0.307 e. The number of nitrogens with one attached hydrogen (secondary N) is 1. The Kier molecular flexibility index (Phi) is 7.05. The molecule has 1 aliphatic rings. The molecular formula is C24H31N3O4S. The molecular weight excluding hydrogens is 426 g/mol. The van der Waals surface area contributed by atoms with Crippen LogP contribution >= 0.6 is 0 Å². The van der Waals surface area contributed by atoms with Gasteiger partial charge in [-0.3, -0.25) is 9.59 Å². The van der Waals surface area contributed by atoms with Crippen LogP contribution in [0.4, 0.5) is 11.4 Å². The van der Waals surface area contributed by atoms with Gasteiger partial charge in [-0.05, 0) is 62.2 Å². The summed E-state index contributed by atoms with van der Waals surface area (Å²) < 4.78 is 23.5. The lowest BCUT2D eigenvalue weighted by molar-refractivity contribution is -0.121. The molecule has 1 aliphatic heterocycles. The number of carbonyl (C=O) groups excluding carboxylic acids is 2. The van der Waals surface area contributed by atoms with Gasteiger partial charge in [-0.25, -0.2) is 8.42 Å². The Balaban J connectivity index is 2.06. The van der Waals surface area contributed by atoms with Gasteiger partial charge >= 0.3 is 0 Å². The molecule has 1 unspecified atom stereocenters. The van der Waals surface area contributed by atoms with E-state index < -0.39 is 9.84 Å². The minimum Gasteiger partial charge on any atom is -0.307 e. The van der Waals surface area contributed by atoms with E-state index in [9.17, 15) is 18.0 Å². The Morgan fingerprint density at radius 1 is 1.09 bits per heavy atom. The van der Waals surface area contributed by atoms with E-state index in [1.807, 2.05) is 32.0 Å². The van der Waals surface area contributed by atoms with E-state index in [1.54, 1.807) is 34.1 Å². The molecule has 0 aliphatic carbocycles. The van der Waals surface area contributed by atoms with E-state index in [4.69, 9.17) is 0 Å². The molecule has 1 N–H and O–H groups in total. The second-order valence-electron chi connectivity index (χ2n) is 8.36. The number of anilines is 2. The number of hydrogen-bond donors (Lipinski definition) is 1. The summed E-state index contributed by atoms with van der Waals surface area (Å²) in [7, 11) is -3.28. The molecule has 2 amide bonds. The summed E-state index contributed by atoms with van der Waals surface area (Å²) in [5.74, 6) is -0.118. The normalized spacial score (nSPS) is 17.1. The van der Waals surface area contributed by atoms with Crippen molar-refractivity contribution in [2.45, 2.75) is 51.1 Å². The van der Waals surface area contributed by atoms with Crippen molar-refractivity contribution >= 4 is 33.0 Å². The van der Waals surface area contributed by atoms with Crippen molar-refractivity contribution in [3.05, 3.63) is 42.5 Å². The Bertz CT molecular complexity index is 1110. The van der Waals surface area contributed by atoms with Crippen LogP contribution < -0.4 is 15.1 Å². The van der Waals surface area contributed by atoms with Crippen LogP contribution in [0.5, 0.6) is 0 Å². The molecule has 0 bridgehead atoms. The molecule has 0 saturated heterocycles. The zero-order chi connectivity index (χ0) is 23.6. The smallest absolute Gasteiger partial charge is 0.243 e. The van der Waals surface area contributed by atoms with Crippen molar-refractivity contribution in [3.63, 3.8) is 0 Å². The summed E-state index contributed by atoms with van der Waals surface area (Å²) in [5.41, 5.74) is 3.05. The lowest BCUT2D eigenvalue weighted by Gasteiger charge is -2.41. The van der Waals surface area contributed by atoms with Crippen molar-refractivity contribution in [3.8, 4) is 11.1 Å². The fraction of sp³-hybridized carbons (Fsp3) is 0.417. The molecule has 1 heterocycles. The molecule has 0 spiro atoms. The van der Waals surface area contributed by atoms with Gasteiger partial charge in [0.1, 0.15) is 0 Å². The molecule has 32 heavy (non-hydrogen) atoms. The molecule has 8 heteroatoms. The highest BCUT2D eigenvalue weighted by molar-refractivity contribution is 7.90. The highest BCUT2D eigenvalue weighted by Crippen LogP contribution is 2.39. The van der Waals surface area contributed by atoms with Crippen LogP contribution in [0.25, 0.3) is 11.1 Å². The van der Waals surface area contributed by atoms with Crippen LogP contribution in [-0.2, 0) is 19.4 Å². The minimum absolute atomic E-state index is 0.0423. The van der Waals surface area contributed by atoms with Crippen LogP contribution in [0.3, 0.4) is 0 Å². The van der Waals surface area contributed by atoms with Crippen LogP contribution in [0.15, 0.2) is 47.4 Å². The number of benzene rings is 2. The lowest BCUT2D eigenvalue weighted by atomic mass is 10.00. The molecule has 2 aromatic carbocycles. The van der Waals surface area contributed by atoms with Crippen molar-refractivity contribution < 1.29 is 18.0 Å². The molecule has 0 radical (unpaired) electrons. The lowest BCUT2D eigenvalue weighted by Crippen LogP contribution is -2.55. The zero-order valence-electron chi connectivity index (χ0n) is 19.3. The zero-order valence-corrected chi connectivity index (χ0v) is 20.1. The van der Waals surface area contributed by atoms with Gasteiger partial charge in [-0.2, -0.15) is 0 Å². The van der Waals surface area contributed by atoms with Gasteiger partial charge < -0.3 is 15.1 Å². The molecule has 172 valence electrons. The highest BCUT2D eigenvalue weighted by Gasteiger charge is 2.35. The van der Waals surface area contributed by atoms with E-state index in [0.717, 1.165) is 24.1 Å². The van der Waals surface area contributed by atoms with Gasteiger partial charge in [0, 0.05) is 19.7 Å². The van der Waals surface area contributed by atoms with Crippen LogP contribution in [0.2, 0.25) is 0 Å². The first kappa shape index (κ1) is 23.9. The number of fused-ring (bicyclic) bond motifs is 1. The highest BCUT2D eigenvalue weighted by atomic mass is 32.2. The number of amides is 2. The summed E-state index contributed by atoms with van der Waals surface area (Å²) in [6.45, 7) is 8.52. The van der Waals surface area contributed by atoms with Gasteiger partial charge in [0.25, 0.3) is 0 Å². The summed E-state index contributed by atoms with van der Waals surface area (Å²) >= 11 is 0. The van der Waals surface area contributed by atoms with Gasteiger partial charge in [-0.15, -0.1) is 0 Å². The van der Waals surface area contributed by atoms with E-state index in [1.165, 1.54) is 13.2 Å². The third-order valence-electron chi connectivity index (χ3n) is 5.71. The quantitative estimate of drug-likeness (QED) is 0.720. The molecule has 2 atom stereocenters. The summed E-state index contributed by atoms with van der Waals surface area (Å²) in [6, 6.07) is 11.8. The maximum absolute atomic E-state index is 13.3. The van der Waals surface area contributed by atoms with E-state index >= 15 is 0 Å². The first-order valence-electron chi connectivity index (χ1n) is 10.8. The van der Waals surface area contributed by atoms with Crippen molar-refractivity contribution in [2.75, 3.05) is 29.1 Å². The number of sulfone groups is 1. The molecule has 0 saturated carbocycles. The van der Waals surface area contributed by atoms with Gasteiger partial charge in [0.2, 0.25) is 11.8 Å². The van der Waals surface area contributed by atoms with Crippen LogP contribution in [-0.4, -0.2) is 51.7 Å². The Hall–Kier alpha value is -2.71. The molecule has 7 nitrogen and oxygen atoms in total. The number of hydrogen-bond acceptors (Lipinski definition) is 5. The average Bonchev–Trinajstić information content (AvgIpc) is 2.75. The molecule has 3 rings (SSSR count). The van der Waals surface area contributed by atoms with Crippen molar-refractivity contribution in [2.24, 2.45) is 0 Å². The van der Waals surface area contributed by atoms with Gasteiger partial charge in [0.15, 0.2) is 9.84 Å². The number of carbonyl (C=O) groups is 2. The standard InChI is InChI=1S/C24H31N3O4S/c1-6-13-25-17(3)24(29)26-15-16(2)27(18(4)28)22-12-9-20(14-23(22)26)19-7-10-21(11-8-19)32(5,30)31/h7-12,14,16-17,25H,6,13,15H2,1-5H3/t16-,17?/m0/s1. The predicted octanol–water partition coefficient (Wildman–Crippen LogP) is 3.23. The van der Waals surface area contributed by atoms with Crippen LogP contribution in [0, 0.1) is 0 Å². The van der Waals surface area contributed by atoms with E-state index in [0.29, 0.717) is 17.9 Å². The fourth-order valence-corrected chi connectivity index (χ4v) is 4.70. The second-order valence-corrected chi connectivity index (χ2v) is 10.4. The summed E-state index contributed by atoms with van der Waals surface area (Å²) in [5, 5.41) is 3.25. The van der Waals surface area contributed by atoms with Crippen molar-refractivity contribution in [1.82, 2.24) is 5.32 Å².